The van der Waals surface area contributed by atoms with Crippen molar-refractivity contribution in [3.63, 3.8) is 0 Å². The zero-order valence-corrected chi connectivity index (χ0v) is 21.0. The Morgan fingerprint density at radius 2 is 0.970 bits per heavy atom. The average Bonchev–Trinajstić information content (AvgIpc) is 3.34. The Morgan fingerprint density at radius 1 is 0.545 bits per heavy atom. The van der Waals surface area contributed by atoms with Crippen LogP contribution >= 0.6 is 0 Å². The molecule has 5 heteroatoms. The fourth-order valence-electron chi connectivity index (χ4n) is 4.21. The van der Waals surface area contributed by atoms with E-state index in [0.29, 0.717) is 0 Å². The Bertz CT molecular complexity index is 1630. The third-order valence-corrected chi connectivity index (χ3v) is 11.6. The van der Waals surface area contributed by atoms with E-state index < -0.39 is 11.7 Å². The van der Waals surface area contributed by atoms with Crippen LogP contribution in [0.1, 0.15) is 11.1 Å². The number of halogens is 3. The van der Waals surface area contributed by atoms with E-state index in [0.717, 1.165) is 23.3 Å². The summed E-state index contributed by atoms with van der Waals surface area (Å²) in [5.74, 6) is 0. The third kappa shape index (κ3) is 3.70. The molecule has 0 atom stereocenters. The van der Waals surface area contributed by atoms with Gasteiger partial charge < -0.3 is 0 Å². The first-order valence-electron chi connectivity index (χ1n) is 10.5. The molecule has 2 heterocycles. The summed E-state index contributed by atoms with van der Waals surface area (Å²) in [7, 11) is 0. The molecule has 0 aliphatic heterocycles. The Hall–Kier alpha value is -2.55. The van der Waals surface area contributed by atoms with Crippen LogP contribution in [0.25, 0.3) is 50.1 Å². The molecule has 0 aliphatic carbocycles. The third-order valence-electron chi connectivity index (χ3n) is 6.01. The van der Waals surface area contributed by atoms with Crippen molar-refractivity contribution in [2.45, 2.75) is 13.1 Å². The maximum absolute atomic E-state index is 12.9. The zero-order valence-electron chi connectivity index (χ0n) is 17.5. The summed E-state index contributed by atoms with van der Waals surface area (Å²) in [6, 6.07) is 27.4. The maximum atomic E-state index is 12.9. The van der Waals surface area contributed by atoms with Gasteiger partial charge in [-0.3, -0.25) is 0 Å². The molecule has 0 saturated heterocycles. The summed E-state index contributed by atoms with van der Waals surface area (Å²) >= 11 is 0.485. The van der Waals surface area contributed by atoms with Gasteiger partial charge in [0.15, 0.2) is 0 Å². The molecule has 0 nitrogen and oxygen atoms in total. The molecule has 162 valence electrons. The summed E-state index contributed by atoms with van der Waals surface area (Å²) < 4.78 is 44.4. The van der Waals surface area contributed by atoms with E-state index in [2.05, 4.69) is 61.5 Å². The van der Waals surface area contributed by atoms with E-state index in [1.165, 1.54) is 44.5 Å². The first-order chi connectivity index (χ1) is 15.9. The summed E-state index contributed by atoms with van der Waals surface area (Å²) in [6.07, 6.45) is -4.31. The number of rotatable bonds is 2. The number of benzene rings is 4. The molecule has 0 unspecified atom stereocenters. The van der Waals surface area contributed by atoms with Crippen molar-refractivity contribution >= 4 is 56.8 Å². The fourth-order valence-corrected chi connectivity index (χ4v) is 10.7. The van der Waals surface area contributed by atoms with Crippen LogP contribution in [0, 0.1) is 6.92 Å². The Kier molecular flexibility index (Phi) is 4.94. The first kappa shape index (κ1) is 21.0. The van der Waals surface area contributed by atoms with Crippen molar-refractivity contribution in [3.8, 4) is 22.3 Å². The van der Waals surface area contributed by atoms with E-state index in [1.54, 1.807) is 12.1 Å². The van der Waals surface area contributed by atoms with Gasteiger partial charge in [-0.1, -0.05) is 0 Å². The predicted octanol–water partition coefficient (Wildman–Crippen LogP) is 7.92. The van der Waals surface area contributed by atoms with Crippen LogP contribution in [0.15, 0.2) is 84.9 Å². The molecule has 0 fully saturated rings. The summed E-state index contributed by atoms with van der Waals surface area (Å²) in [5.41, 5.74) is 4.97. The molecular weight excluding hydrogens is 551 g/mol. The van der Waals surface area contributed by atoms with Gasteiger partial charge >= 0.3 is 201 Å². The van der Waals surface area contributed by atoms with Gasteiger partial charge in [0.1, 0.15) is 0 Å². The van der Waals surface area contributed by atoms with Gasteiger partial charge in [0.05, 0.1) is 0 Å². The molecular formula is C28H17F3Se2. The van der Waals surface area contributed by atoms with Crippen LogP contribution in [0.2, 0.25) is 0 Å². The molecule has 6 rings (SSSR count). The van der Waals surface area contributed by atoms with E-state index in [4.69, 9.17) is 0 Å². The molecule has 0 bridgehead atoms. The number of alkyl halides is 3. The van der Waals surface area contributed by atoms with Crippen LogP contribution in [0.5, 0.6) is 0 Å². The van der Waals surface area contributed by atoms with Crippen molar-refractivity contribution in [3.05, 3.63) is 96.1 Å². The Labute approximate surface area is 200 Å². The number of aryl methyl sites for hydroxylation is 1. The predicted molar refractivity (Wildman–Crippen MR) is 133 cm³/mol. The van der Waals surface area contributed by atoms with Crippen molar-refractivity contribution in [2.24, 2.45) is 0 Å². The SMILES string of the molecule is Cc1ccc(-c2ccc3c(c2)[se]c2c4ccc(-c5ccc(C(F)(F)F)cc5)cc4[se]c32)cc1. The topological polar surface area (TPSA) is 0 Å². The fraction of sp³-hybridized carbons (Fsp3) is 0.0714. The Morgan fingerprint density at radius 3 is 1.42 bits per heavy atom. The Balaban J connectivity index is 1.42. The summed E-state index contributed by atoms with van der Waals surface area (Å²) in [5, 5.41) is 2.71. The average molecular weight is 568 g/mol. The molecule has 0 spiro atoms. The minimum atomic E-state index is -4.31. The monoisotopic (exact) mass is 570 g/mol. The van der Waals surface area contributed by atoms with Crippen LogP contribution in [0.3, 0.4) is 0 Å². The first-order valence-corrected chi connectivity index (χ1v) is 13.9. The number of hydrogen-bond donors (Lipinski definition) is 0. The second-order valence-corrected chi connectivity index (χ2v) is 12.6. The van der Waals surface area contributed by atoms with Gasteiger partial charge in [0.2, 0.25) is 0 Å². The van der Waals surface area contributed by atoms with E-state index in [1.807, 2.05) is 6.07 Å². The molecule has 0 amide bonds. The van der Waals surface area contributed by atoms with Crippen LogP contribution in [0.4, 0.5) is 13.2 Å². The molecule has 0 aliphatic rings. The summed E-state index contributed by atoms with van der Waals surface area (Å²) in [4.78, 5) is 0. The minimum absolute atomic E-state index is 0.213. The van der Waals surface area contributed by atoms with Gasteiger partial charge in [-0.2, -0.15) is 0 Å². The van der Waals surface area contributed by atoms with Crippen molar-refractivity contribution in [2.75, 3.05) is 0 Å². The second kappa shape index (κ2) is 7.75. The van der Waals surface area contributed by atoms with E-state index in [-0.39, 0.29) is 29.0 Å². The molecule has 6 aromatic rings. The molecule has 33 heavy (non-hydrogen) atoms. The molecule has 0 saturated carbocycles. The van der Waals surface area contributed by atoms with Crippen LogP contribution < -0.4 is 0 Å². The molecule has 2 aromatic heterocycles. The van der Waals surface area contributed by atoms with Gasteiger partial charge in [-0.05, 0) is 0 Å². The van der Waals surface area contributed by atoms with Crippen molar-refractivity contribution < 1.29 is 13.2 Å². The number of hydrogen-bond acceptors (Lipinski definition) is 0. The quantitative estimate of drug-likeness (QED) is 0.186. The van der Waals surface area contributed by atoms with Gasteiger partial charge in [-0.15, -0.1) is 0 Å². The number of fused-ring (bicyclic) bond motifs is 5. The zero-order chi connectivity index (χ0) is 22.7. The summed E-state index contributed by atoms with van der Waals surface area (Å²) in [6.45, 7) is 2.10. The van der Waals surface area contributed by atoms with Crippen molar-refractivity contribution in [1.29, 1.82) is 0 Å². The van der Waals surface area contributed by atoms with E-state index >= 15 is 0 Å². The van der Waals surface area contributed by atoms with Crippen LogP contribution in [-0.2, 0) is 6.18 Å². The van der Waals surface area contributed by atoms with Gasteiger partial charge in [0, 0.05) is 0 Å². The van der Waals surface area contributed by atoms with Crippen LogP contribution in [-0.4, -0.2) is 29.0 Å². The van der Waals surface area contributed by atoms with Gasteiger partial charge in [0.25, 0.3) is 0 Å². The standard InChI is InChI=1S/C28H17F3Se2/c1-16-2-4-17(5-3-16)19-8-12-22-24(14-19)32-27-23-13-9-20(15-25(23)33-26(22)27)18-6-10-21(11-7-18)28(29,30)31/h2-15H,1H3. The second-order valence-electron chi connectivity index (χ2n) is 8.23. The van der Waals surface area contributed by atoms with Gasteiger partial charge in [-0.25, -0.2) is 0 Å². The molecule has 0 N–H and O–H groups in total. The van der Waals surface area contributed by atoms with Crippen molar-refractivity contribution in [1.82, 2.24) is 0 Å². The molecule has 0 radical (unpaired) electrons. The van der Waals surface area contributed by atoms with E-state index in [9.17, 15) is 13.2 Å². The molecule has 4 aromatic carbocycles. The normalized spacial score (nSPS) is 12.2.